The minimum atomic E-state index is -4.19. The van der Waals surface area contributed by atoms with Gasteiger partial charge in [-0.05, 0) is 30.3 Å². The van der Waals surface area contributed by atoms with Gasteiger partial charge < -0.3 is 0 Å². The molecule has 2 rings (SSSR count). The molecule has 0 saturated heterocycles. The second-order valence-corrected chi connectivity index (χ2v) is 7.11. The molecule has 22 heavy (non-hydrogen) atoms. The van der Waals surface area contributed by atoms with Crippen molar-refractivity contribution in [2.45, 2.75) is 4.90 Å². The zero-order valence-electron chi connectivity index (χ0n) is 10.6. The van der Waals surface area contributed by atoms with Crippen molar-refractivity contribution in [2.24, 2.45) is 0 Å². The minimum absolute atomic E-state index is 0.196. The lowest BCUT2D eigenvalue weighted by atomic mass is 10.3. The van der Waals surface area contributed by atoms with Crippen LogP contribution in [-0.2, 0) is 10.0 Å². The van der Waals surface area contributed by atoms with Gasteiger partial charge >= 0.3 is 0 Å². The third-order valence-corrected chi connectivity index (χ3v) is 4.78. The number of nitrogens with zero attached hydrogens (tertiary/aromatic N) is 1. The molecule has 2 aromatic rings. The average molecular weight is 410 g/mol. The molecule has 0 spiro atoms. The first-order valence-electron chi connectivity index (χ1n) is 5.62. The van der Waals surface area contributed by atoms with Crippen molar-refractivity contribution in [2.75, 3.05) is 4.72 Å². The zero-order valence-corrected chi connectivity index (χ0v) is 13.7. The summed E-state index contributed by atoms with van der Waals surface area (Å²) in [6, 6.07) is 6.75. The van der Waals surface area contributed by atoms with Gasteiger partial charge in [-0.25, -0.2) is 12.8 Å². The number of nitrogens with one attached hydrogen (secondary N) is 1. The van der Waals surface area contributed by atoms with Crippen LogP contribution in [0.4, 0.5) is 15.8 Å². The number of hydrogen-bond acceptors (Lipinski definition) is 4. The van der Waals surface area contributed by atoms with E-state index in [2.05, 4.69) is 15.9 Å². The van der Waals surface area contributed by atoms with Gasteiger partial charge in [-0.15, -0.1) is 0 Å². The van der Waals surface area contributed by atoms with Crippen LogP contribution in [0.2, 0.25) is 5.02 Å². The smallest absolute Gasteiger partial charge is 0.277 e. The van der Waals surface area contributed by atoms with E-state index >= 15 is 0 Å². The Labute approximate surface area is 138 Å². The molecule has 0 atom stereocenters. The van der Waals surface area contributed by atoms with Crippen LogP contribution in [-0.4, -0.2) is 13.3 Å². The van der Waals surface area contributed by atoms with Crippen molar-refractivity contribution in [3.05, 3.63) is 61.8 Å². The van der Waals surface area contributed by atoms with Gasteiger partial charge in [0, 0.05) is 10.5 Å². The normalized spacial score (nSPS) is 11.2. The molecule has 0 radical (unpaired) electrons. The lowest BCUT2D eigenvalue weighted by molar-refractivity contribution is -0.384. The zero-order chi connectivity index (χ0) is 16.5. The molecule has 0 unspecified atom stereocenters. The maximum absolute atomic E-state index is 13.7. The quantitative estimate of drug-likeness (QED) is 0.611. The first kappa shape index (κ1) is 16.7. The average Bonchev–Trinajstić information content (AvgIpc) is 2.42. The van der Waals surface area contributed by atoms with Crippen molar-refractivity contribution < 1.29 is 17.7 Å². The summed E-state index contributed by atoms with van der Waals surface area (Å²) in [6.07, 6.45) is 0. The van der Waals surface area contributed by atoms with Crippen LogP contribution in [0.1, 0.15) is 0 Å². The van der Waals surface area contributed by atoms with Crippen molar-refractivity contribution in [3.8, 4) is 0 Å². The van der Waals surface area contributed by atoms with Gasteiger partial charge in [-0.3, -0.25) is 14.8 Å². The molecule has 0 heterocycles. The third-order valence-electron chi connectivity index (χ3n) is 2.60. The highest BCUT2D eigenvalue weighted by molar-refractivity contribution is 9.10. The van der Waals surface area contributed by atoms with Crippen molar-refractivity contribution >= 4 is 48.9 Å². The van der Waals surface area contributed by atoms with E-state index < -0.39 is 31.3 Å². The molecule has 0 amide bonds. The molecular formula is C12H7BrClFN2O4S. The van der Waals surface area contributed by atoms with Gasteiger partial charge in [-0.2, -0.15) is 0 Å². The van der Waals surface area contributed by atoms with E-state index in [4.69, 9.17) is 11.6 Å². The molecule has 6 nitrogen and oxygen atoms in total. The number of halogens is 3. The summed E-state index contributed by atoms with van der Waals surface area (Å²) in [7, 11) is -4.19. The SMILES string of the molecule is O=[N+]([O-])c1cc(S(=O)(=O)Nc2ccc(Br)cc2F)ccc1Cl. The molecular weight excluding hydrogens is 403 g/mol. The molecule has 116 valence electrons. The number of hydrogen-bond donors (Lipinski definition) is 1. The second-order valence-electron chi connectivity index (χ2n) is 4.10. The highest BCUT2D eigenvalue weighted by Crippen LogP contribution is 2.28. The number of nitro groups is 1. The highest BCUT2D eigenvalue weighted by atomic mass is 79.9. The van der Waals surface area contributed by atoms with Gasteiger partial charge in [0.05, 0.1) is 15.5 Å². The Bertz CT molecular complexity index is 860. The number of nitro benzene ring substituents is 1. The molecule has 10 heteroatoms. The number of anilines is 1. The Morgan fingerprint density at radius 2 is 1.91 bits per heavy atom. The fraction of sp³-hybridized carbons (Fsp3) is 0. The molecule has 0 aliphatic rings. The predicted octanol–water partition coefficient (Wildman–Crippen LogP) is 3.95. The van der Waals surface area contributed by atoms with Crippen LogP contribution in [0.3, 0.4) is 0 Å². The van der Waals surface area contributed by atoms with E-state index in [1.54, 1.807) is 0 Å². The topological polar surface area (TPSA) is 89.3 Å². The Morgan fingerprint density at radius 3 is 2.50 bits per heavy atom. The van der Waals surface area contributed by atoms with E-state index in [-0.39, 0.29) is 10.7 Å². The van der Waals surface area contributed by atoms with Crippen LogP contribution >= 0.6 is 27.5 Å². The molecule has 0 fully saturated rings. The van der Waals surface area contributed by atoms with Crippen molar-refractivity contribution in [1.29, 1.82) is 0 Å². The van der Waals surface area contributed by atoms with Crippen LogP contribution in [0.25, 0.3) is 0 Å². The van der Waals surface area contributed by atoms with Crippen LogP contribution < -0.4 is 4.72 Å². The lowest BCUT2D eigenvalue weighted by Gasteiger charge is -2.09. The van der Waals surface area contributed by atoms with Gasteiger partial charge in [0.2, 0.25) is 0 Å². The first-order valence-corrected chi connectivity index (χ1v) is 8.28. The van der Waals surface area contributed by atoms with E-state index in [0.29, 0.717) is 4.47 Å². The standard InChI is InChI=1S/C12H7BrClFN2O4S/c13-7-1-4-11(10(15)5-7)16-22(20,21)8-2-3-9(14)12(6-8)17(18)19/h1-6,16H. The van der Waals surface area contributed by atoms with Gasteiger partial charge in [0.1, 0.15) is 10.8 Å². The largest absolute Gasteiger partial charge is 0.289 e. The third kappa shape index (κ3) is 3.54. The molecule has 0 bridgehead atoms. The molecule has 1 N–H and O–H groups in total. The Balaban J connectivity index is 2.42. The second kappa shape index (κ2) is 6.19. The number of rotatable bonds is 4. The van der Waals surface area contributed by atoms with E-state index in [0.717, 1.165) is 24.3 Å². The summed E-state index contributed by atoms with van der Waals surface area (Å²) in [5.74, 6) is -0.790. The van der Waals surface area contributed by atoms with Crippen LogP contribution in [0.15, 0.2) is 45.8 Å². The summed E-state index contributed by atoms with van der Waals surface area (Å²) in [5.41, 5.74) is -0.832. The van der Waals surface area contributed by atoms with Crippen molar-refractivity contribution in [1.82, 2.24) is 0 Å². The van der Waals surface area contributed by atoms with Crippen LogP contribution in [0, 0.1) is 15.9 Å². The summed E-state index contributed by atoms with van der Waals surface area (Å²) in [5, 5.41) is 10.6. The van der Waals surface area contributed by atoms with E-state index in [1.807, 2.05) is 4.72 Å². The lowest BCUT2D eigenvalue weighted by Crippen LogP contribution is -2.14. The van der Waals surface area contributed by atoms with Gasteiger partial charge in [-0.1, -0.05) is 27.5 Å². The first-order chi connectivity index (χ1) is 10.2. The summed E-state index contributed by atoms with van der Waals surface area (Å²) in [4.78, 5) is 9.59. The minimum Gasteiger partial charge on any atom is -0.277 e. The van der Waals surface area contributed by atoms with E-state index in [1.165, 1.54) is 12.1 Å². The number of sulfonamides is 1. The van der Waals surface area contributed by atoms with Gasteiger partial charge in [0.15, 0.2) is 0 Å². The van der Waals surface area contributed by atoms with Crippen LogP contribution in [0.5, 0.6) is 0 Å². The molecule has 0 aliphatic heterocycles. The van der Waals surface area contributed by atoms with Gasteiger partial charge in [0.25, 0.3) is 15.7 Å². The fourth-order valence-electron chi connectivity index (χ4n) is 1.58. The predicted molar refractivity (Wildman–Crippen MR) is 83.0 cm³/mol. The molecule has 2 aromatic carbocycles. The van der Waals surface area contributed by atoms with E-state index in [9.17, 15) is 22.9 Å². The Morgan fingerprint density at radius 1 is 1.23 bits per heavy atom. The van der Waals surface area contributed by atoms with Crippen molar-refractivity contribution in [3.63, 3.8) is 0 Å². The maximum atomic E-state index is 13.7. The maximum Gasteiger partial charge on any atom is 0.289 e. The molecule has 0 aromatic heterocycles. The monoisotopic (exact) mass is 408 g/mol. The summed E-state index contributed by atoms with van der Waals surface area (Å²) < 4.78 is 40.5. The highest BCUT2D eigenvalue weighted by Gasteiger charge is 2.21. The molecule has 0 aliphatic carbocycles. The Hall–Kier alpha value is -1.71. The Kier molecular flexibility index (Phi) is 4.69. The fourth-order valence-corrected chi connectivity index (χ4v) is 3.18. The summed E-state index contributed by atoms with van der Waals surface area (Å²) >= 11 is 8.67. The number of benzene rings is 2. The molecule has 0 saturated carbocycles. The summed E-state index contributed by atoms with van der Waals surface area (Å²) in [6.45, 7) is 0.